The summed E-state index contributed by atoms with van der Waals surface area (Å²) >= 11 is 0. The van der Waals surface area contributed by atoms with Gasteiger partial charge in [-0.05, 0) is 75.0 Å². The predicted molar refractivity (Wildman–Crippen MR) is 202 cm³/mol. The molecule has 0 saturated heterocycles. The zero-order valence-electron chi connectivity index (χ0n) is 31.4. The zero-order valence-corrected chi connectivity index (χ0v) is 31.4. The van der Waals surface area contributed by atoms with Gasteiger partial charge in [-0.15, -0.1) is 0 Å². The van der Waals surface area contributed by atoms with Gasteiger partial charge in [-0.25, -0.2) is 9.97 Å². The molecule has 4 aromatic rings. The predicted octanol–water partition coefficient (Wildman–Crippen LogP) is 7.89. The standard InChI is InChI=1S/C20H27N3O2.C11H11N3O2.C9H18O.2H2/c1-12-5-7-16(8-6-12)20-21-17(22-23-20)11-18(24)25-19-14(3)9-13(2)10-15(19)4;1-7-2-4-8(5-3-7)11-12-9(13-14-11)6-10(15)16;1-6-4-7(2)9(10)8(3)5-6;;/h5-8,13-15,19H,9-11H2,1-4H3,(H,21,22,23);2-5H,6H2,1H3,(H,15,16)(H,12,13,14);6-10H,4-5H2,1-3H3;2*1H. The third kappa shape index (κ3) is 11.8. The molecule has 0 aliphatic heterocycles. The van der Waals surface area contributed by atoms with E-state index in [1.807, 2.05) is 62.4 Å². The zero-order chi connectivity index (χ0) is 37.2. The van der Waals surface area contributed by atoms with Crippen molar-refractivity contribution >= 4 is 11.9 Å². The Kier molecular flexibility index (Phi) is 14.1. The van der Waals surface area contributed by atoms with E-state index in [2.05, 4.69) is 71.9 Å². The van der Waals surface area contributed by atoms with Crippen molar-refractivity contribution in [3.8, 4) is 22.8 Å². The molecule has 51 heavy (non-hydrogen) atoms. The van der Waals surface area contributed by atoms with Gasteiger partial charge in [0, 0.05) is 14.0 Å². The molecule has 2 aromatic carbocycles. The lowest BCUT2D eigenvalue weighted by Gasteiger charge is -2.37. The molecule has 2 fully saturated rings. The quantitative estimate of drug-likeness (QED) is 0.140. The minimum atomic E-state index is -0.924. The molecule has 2 saturated carbocycles. The van der Waals surface area contributed by atoms with Crippen LogP contribution >= 0.6 is 0 Å². The third-order valence-electron chi connectivity index (χ3n) is 9.97. The molecule has 4 unspecified atom stereocenters. The second-order valence-electron chi connectivity index (χ2n) is 15.2. The number of aliphatic hydroxyl groups excluding tert-OH is 1. The SMILES string of the molecule is CC1CC(C)C(O)C(C)C1.Cc1ccc(-c2n[nH]c(CC(=O)O)n2)cc1.Cc1ccc(-c2n[nH]c(CC(=O)OC3C(C)CC(C)CC3C)n2)cc1.[HH].[HH]. The highest BCUT2D eigenvalue weighted by atomic mass is 16.5. The molecule has 0 spiro atoms. The first-order valence-electron chi connectivity index (χ1n) is 18.2. The second kappa shape index (κ2) is 18.2. The van der Waals surface area contributed by atoms with Crippen LogP contribution < -0.4 is 0 Å². The summed E-state index contributed by atoms with van der Waals surface area (Å²) in [6, 6.07) is 15.7. The molecule has 4 atom stereocenters. The monoisotopic (exact) mass is 704 g/mol. The Labute approximate surface area is 305 Å². The number of carboxylic acids is 1. The van der Waals surface area contributed by atoms with E-state index in [1.165, 1.54) is 18.4 Å². The van der Waals surface area contributed by atoms with Crippen LogP contribution in [0.25, 0.3) is 22.8 Å². The van der Waals surface area contributed by atoms with Gasteiger partial charge in [0.05, 0.1) is 6.10 Å². The average Bonchev–Trinajstić information content (AvgIpc) is 3.72. The molecule has 0 radical (unpaired) electrons. The molecular weight excluding hydrogens is 644 g/mol. The number of aryl methyl sites for hydroxylation is 2. The smallest absolute Gasteiger partial charge is 0.313 e. The maximum Gasteiger partial charge on any atom is 0.313 e. The Bertz CT molecular complexity index is 1670. The summed E-state index contributed by atoms with van der Waals surface area (Å²) in [6.45, 7) is 17.2. The van der Waals surface area contributed by atoms with Gasteiger partial charge >= 0.3 is 11.9 Å². The van der Waals surface area contributed by atoms with Crippen molar-refractivity contribution in [3.63, 3.8) is 0 Å². The van der Waals surface area contributed by atoms with Crippen LogP contribution in [0.3, 0.4) is 0 Å². The number of rotatable bonds is 7. The minimum Gasteiger partial charge on any atom is -0.481 e. The molecule has 280 valence electrons. The van der Waals surface area contributed by atoms with Gasteiger partial charge in [-0.2, -0.15) is 10.2 Å². The van der Waals surface area contributed by atoms with E-state index in [0.717, 1.165) is 35.4 Å². The van der Waals surface area contributed by atoms with Gasteiger partial charge in [0.25, 0.3) is 0 Å². The van der Waals surface area contributed by atoms with E-state index in [4.69, 9.17) is 9.84 Å². The molecule has 0 bridgehead atoms. The van der Waals surface area contributed by atoms with Crippen LogP contribution in [0.15, 0.2) is 48.5 Å². The molecule has 2 aliphatic rings. The van der Waals surface area contributed by atoms with E-state index in [9.17, 15) is 14.7 Å². The number of carbonyl (C=O) groups excluding carboxylic acids is 1. The number of nitrogens with one attached hydrogen (secondary N) is 2. The van der Waals surface area contributed by atoms with Crippen LogP contribution in [-0.2, 0) is 27.2 Å². The van der Waals surface area contributed by atoms with Gasteiger partial charge in [-0.3, -0.25) is 19.8 Å². The van der Waals surface area contributed by atoms with E-state index in [1.54, 1.807) is 0 Å². The molecule has 11 nitrogen and oxygen atoms in total. The van der Waals surface area contributed by atoms with Crippen LogP contribution in [0.5, 0.6) is 0 Å². The van der Waals surface area contributed by atoms with Crippen molar-refractivity contribution < 1.29 is 27.4 Å². The Balaban J connectivity index is 0.000000298. The highest BCUT2D eigenvalue weighted by Gasteiger charge is 2.34. The van der Waals surface area contributed by atoms with Crippen LogP contribution in [0, 0.1) is 49.4 Å². The van der Waals surface area contributed by atoms with Gasteiger partial charge in [0.15, 0.2) is 11.6 Å². The maximum absolute atomic E-state index is 12.3. The number of H-pyrrole nitrogens is 2. The van der Waals surface area contributed by atoms with Crippen LogP contribution in [0.2, 0.25) is 0 Å². The Morgan fingerprint density at radius 2 is 1.08 bits per heavy atom. The van der Waals surface area contributed by atoms with Crippen molar-refractivity contribution in [2.24, 2.45) is 35.5 Å². The number of nitrogens with zero attached hydrogens (tertiary/aromatic N) is 4. The number of ether oxygens (including phenoxy) is 1. The minimum absolute atomic E-state index is 0. The highest BCUT2D eigenvalue weighted by Crippen LogP contribution is 2.35. The summed E-state index contributed by atoms with van der Waals surface area (Å²) in [7, 11) is 0. The first kappa shape index (κ1) is 39.4. The number of aliphatic hydroxyl groups is 1. The van der Waals surface area contributed by atoms with Crippen molar-refractivity contribution in [1.29, 1.82) is 0 Å². The number of aliphatic carboxylic acids is 1. The molecule has 11 heteroatoms. The molecule has 2 aromatic heterocycles. The summed E-state index contributed by atoms with van der Waals surface area (Å²) in [5.74, 6) is 4.23. The maximum atomic E-state index is 12.3. The van der Waals surface area contributed by atoms with Crippen molar-refractivity contribution in [3.05, 3.63) is 71.3 Å². The number of aromatic amines is 2. The molecule has 4 N–H and O–H groups in total. The van der Waals surface area contributed by atoms with E-state index < -0.39 is 5.97 Å². The first-order valence-corrected chi connectivity index (χ1v) is 18.2. The largest absolute Gasteiger partial charge is 0.481 e. The molecule has 6 rings (SSSR count). The fourth-order valence-corrected chi connectivity index (χ4v) is 7.52. The summed E-state index contributed by atoms with van der Waals surface area (Å²) in [5.41, 5.74) is 4.15. The fraction of sp³-hybridized carbons (Fsp3) is 0.550. The number of carbonyl (C=O) groups is 2. The van der Waals surface area contributed by atoms with Gasteiger partial charge in [-0.1, -0.05) is 101 Å². The van der Waals surface area contributed by atoms with Gasteiger partial charge in [0.2, 0.25) is 0 Å². The number of carboxylic acid groups (broad SMARTS) is 1. The number of hydrogen-bond donors (Lipinski definition) is 4. The number of hydrogen-bond acceptors (Lipinski definition) is 8. The van der Waals surface area contributed by atoms with Crippen LogP contribution in [0.4, 0.5) is 0 Å². The van der Waals surface area contributed by atoms with E-state index in [0.29, 0.717) is 52.9 Å². The van der Waals surface area contributed by atoms with Gasteiger partial charge < -0.3 is 14.9 Å². The summed E-state index contributed by atoms with van der Waals surface area (Å²) in [5, 5.41) is 31.8. The molecular formula is C40H60N6O5. The summed E-state index contributed by atoms with van der Waals surface area (Å²) in [6.07, 6.45) is 4.57. The average molecular weight is 705 g/mol. The van der Waals surface area contributed by atoms with Gasteiger partial charge in [0.1, 0.15) is 30.6 Å². The Morgan fingerprint density at radius 1 is 0.686 bits per heavy atom. The van der Waals surface area contributed by atoms with Crippen LogP contribution in [0.1, 0.15) is 92.9 Å². The number of aromatic nitrogens is 6. The van der Waals surface area contributed by atoms with E-state index in [-0.39, 0.29) is 33.9 Å². The summed E-state index contributed by atoms with van der Waals surface area (Å²) in [4.78, 5) is 31.3. The Morgan fingerprint density at radius 3 is 1.49 bits per heavy atom. The lowest BCUT2D eigenvalue weighted by Crippen LogP contribution is -2.37. The fourth-order valence-electron chi connectivity index (χ4n) is 7.52. The lowest BCUT2D eigenvalue weighted by molar-refractivity contribution is -0.157. The van der Waals surface area contributed by atoms with Crippen molar-refractivity contribution in [2.75, 3.05) is 0 Å². The summed E-state index contributed by atoms with van der Waals surface area (Å²) < 4.78 is 5.77. The van der Waals surface area contributed by atoms with Crippen molar-refractivity contribution in [2.45, 2.75) is 106 Å². The lowest BCUT2D eigenvalue weighted by atomic mass is 9.75. The topological polar surface area (TPSA) is 167 Å². The number of esters is 1. The number of benzene rings is 2. The highest BCUT2D eigenvalue weighted by molar-refractivity contribution is 5.72. The van der Waals surface area contributed by atoms with Crippen molar-refractivity contribution in [1.82, 2.24) is 30.4 Å². The van der Waals surface area contributed by atoms with Crippen LogP contribution in [-0.4, -0.2) is 64.7 Å². The first-order chi connectivity index (χ1) is 24.2. The second-order valence-corrected chi connectivity index (χ2v) is 15.2. The molecule has 2 aliphatic carbocycles. The normalized spacial score (nSPS) is 25.8. The molecule has 0 amide bonds. The Hall–Kier alpha value is -4.38. The third-order valence-corrected chi connectivity index (χ3v) is 9.97. The van der Waals surface area contributed by atoms with E-state index >= 15 is 0 Å². The molecule has 2 heterocycles.